The number of hydrogen-bond donors (Lipinski definition) is 0. The van der Waals surface area contributed by atoms with E-state index < -0.39 is 0 Å². The highest BCUT2D eigenvalue weighted by atomic mass is 16.2. The molecule has 1 heterocycles. The van der Waals surface area contributed by atoms with E-state index in [-0.39, 0.29) is 22.6 Å². The summed E-state index contributed by atoms with van der Waals surface area (Å²) >= 11 is 0. The maximum absolute atomic E-state index is 13.8. The molecule has 0 saturated heterocycles. The van der Waals surface area contributed by atoms with Crippen LogP contribution < -0.4 is 9.80 Å². The molecule has 6 heteroatoms. The van der Waals surface area contributed by atoms with Gasteiger partial charge < -0.3 is 0 Å². The Kier molecular flexibility index (Phi) is 4.56. The van der Waals surface area contributed by atoms with Crippen molar-refractivity contribution < 1.29 is 9.59 Å². The summed E-state index contributed by atoms with van der Waals surface area (Å²) in [6.07, 6.45) is 17.6. The molecule has 0 aliphatic heterocycles. The zero-order valence-corrected chi connectivity index (χ0v) is 20.7. The first-order valence-corrected chi connectivity index (χ1v) is 13.7. The number of hydrogen-bond acceptors (Lipinski definition) is 4. The molecule has 0 aromatic carbocycles. The molecule has 1 aromatic heterocycles. The van der Waals surface area contributed by atoms with Gasteiger partial charge in [-0.15, -0.1) is 0 Å². The molecule has 1 aromatic rings. The monoisotopic (exact) mass is 462 g/mol. The highest BCUT2D eigenvalue weighted by Crippen LogP contribution is 2.61. The van der Waals surface area contributed by atoms with E-state index >= 15 is 0 Å². The summed E-state index contributed by atoms with van der Waals surface area (Å²) in [7, 11) is 3.71. The highest BCUT2D eigenvalue weighted by molar-refractivity contribution is 5.98. The predicted molar refractivity (Wildman–Crippen MR) is 130 cm³/mol. The van der Waals surface area contributed by atoms with Crippen LogP contribution in [0.1, 0.15) is 77.0 Å². The molecule has 0 radical (unpaired) electrons. The standard InChI is InChI=1S/C28H38N4O2/c1-31(25(33)27-9-17-3-18(10-27)5-19(4-17)11-27)23-15-29-16-24(30-23)32(2)26(34)28-12-20-6-21(13-28)8-22(7-20)14-28/h15-22H,3-14H2,1-2H3. The fraction of sp³-hybridized carbons (Fsp3) is 0.786. The molecular weight excluding hydrogens is 424 g/mol. The topological polar surface area (TPSA) is 66.4 Å². The number of carbonyl (C=O) groups excluding carboxylic acids is 2. The SMILES string of the molecule is CN(C(=O)C12CC3CC(CC(C3)C1)C2)c1cncc(N(C)C(=O)C23CC4CC(CC(C4)C2)C3)n1. The lowest BCUT2D eigenvalue weighted by Gasteiger charge is -2.56. The molecule has 8 saturated carbocycles. The van der Waals surface area contributed by atoms with Gasteiger partial charge in [-0.25, -0.2) is 4.98 Å². The maximum Gasteiger partial charge on any atom is 0.234 e. The summed E-state index contributed by atoms with van der Waals surface area (Å²) in [4.78, 5) is 40.4. The third kappa shape index (κ3) is 3.12. The lowest BCUT2D eigenvalue weighted by Crippen LogP contribution is -2.54. The highest BCUT2D eigenvalue weighted by Gasteiger charge is 2.57. The van der Waals surface area contributed by atoms with E-state index in [2.05, 4.69) is 4.98 Å². The zero-order valence-electron chi connectivity index (χ0n) is 20.7. The molecule has 8 aliphatic rings. The molecule has 182 valence electrons. The third-order valence-corrected chi connectivity index (χ3v) is 10.9. The number of carbonyl (C=O) groups is 2. The maximum atomic E-state index is 13.8. The fourth-order valence-electron chi connectivity index (χ4n) is 10.3. The first kappa shape index (κ1) is 21.3. The Bertz CT molecular complexity index is 887. The summed E-state index contributed by atoms with van der Waals surface area (Å²) in [6, 6.07) is 0. The number of aromatic nitrogens is 2. The van der Waals surface area contributed by atoms with Gasteiger partial charge in [0.15, 0.2) is 11.6 Å². The van der Waals surface area contributed by atoms with Crippen molar-refractivity contribution in [3.05, 3.63) is 12.4 Å². The van der Waals surface area contributed by atoms with Gasteiger partial charge in [0, 0.05) is 14.1 Å². The van der Waals surface area contributed by atoms with E-state index in [1.807, 2.05) is 14.1 Å². The first-order valence-electron chi connectivity index (χ1n) is 13.7. The second-order valence-electron chi connectivity index (χ2n) is 13.4. The molecule has 34 heavy (non-hydrogen) atoms. The quantitative estimate of drug-likeness (QED) is 0.642. The summed E-state index contributed by atoms with van der Waals surface area (Å²) in [6.45, 7) is 0. The van der Waals surface area contributed by atoms with Crippen LogP contribution in [-0.2, 0) is 9.59 Å². The van der Waals surface area contributed by atoms with Crippen molar-refractivity contribution >= 4 is 23.5 Å². The van der Waals surface area contributed by atoms with Crippen molar-refractivity contribution in [2.24, 2.45) is 46.3 Å². The van der Waals surface area contributed by atoms with Crippen molar-refractivity contribution in [1.29, 1.82) is 0 Å². The lowest BCUT2D eigenvalue weighted by atomic mass is 9.49. The fourth-order valence-corrected chi connectivity index (χ4v) is 10.3. The van der Waals surface area contributed by atoms with Crippen LogP contribution in [0.4, 0.5) is 11.6 Å². The molecule has 6 nitrogen and oxygen atoms in total. The minimum atomic E-state index is -0.206. The van der Waals surface area contributed by atoms with Crippen molar-refractivity contribution in [2.75, 3.05) is 23.9 Å². The van der Waals surface area contributed by atoms with Gasteiger partial charge in [0.25, 0.3) is 0 Å². The number of amides is 2. The molecular formula is C28H38N4O2. The van der Waals surface area contributed by atoms with E-state index in [0.717, 1.165) is 74.0 Å². The average Bonchev–Trinajstić information content (AvgIpc) is 2.80. The van der Waals surface area contributed by atoms with Crippen molar-refractivity contribution in [1.82, 2.24) is 9.97 Å². The normalized spacial score (nSPS) is 43.2. The van der Waals surface area contributed by atoms with Gasteiger partial charge in [0.1, 0.15) is 0 Å². The Morgan fingerprint density at radius 2 is 0.941 bits per heavy atom. The van der Waals surface area contributed by atoms with Gasteiger partial charge in [-0.2, -0.15) is 0 Å². The first-order chi connectivity index (χ1) is 16.3. The molecule has 8 aliphatic carbocycles. The summed E-state index contributed by atoms with van der Waals surface area (Å²) in [5.41, 5.74) is -0.412. The number of nitrogens with zero attached hydrogens (tertiary/aromatic N) is 4. The molecule has 0 unspecified atom stereocenters. The van der Waals surface area contributed by atoms with Crippen LogP contribution in [0.2, 0.25) is 0 Å². The van der Waals surface area contributed by atoms with E-state index in [1.165, 1.54) is 38.5 Å². The van der Waals surface area contributed by atoms with Crippen LogP contribution in [-0.4, -0.2) is 35.9 Å². The van der Waals surface area contributed by atoms with Gasteiger partial charge >= 0.3 is 0 Å². The molecule has 0 atom stereocenters. The minimum absolute atomic E-state index is 0.206. The van der Waals surface area contributed by atoms with Crippen molar-refractivity contribution in [3.8, 4) is 0 Å². The second kappa shape index (κ2) is 7.27. The molecule has 8 bridgehead atoms. The van der Waals surface area contributed by atoms with Crippen LogP contribution in [0.25, 0.3) is 0 Å². The van der Waals surface area contributed by atoms with Gasteiger partial charge in [0.2, 0.25) is 11.8 Å². The Morgan fingerprint density at radius 3 is 1.24 bits per heavy atom. The van der Waals surface area contributed by atoms with Crippen LogP contribution in [0.3, 0.4) is 0 Å². The molecule has 0 spiro atoms. The Labute approximate surface area is 202 Å². The number of anilines is 2. The second-order valence-corrected chi connectivity index (χ2v) is 13.4. The summed E-state index contributed by atoms with van der Waals surface area (Å²) in [5.74, 6) is 5.94. The van der Waals surface area contributed by atoms with E-state index in [0.29, 0.717) is 11.6 Å². The molecule has 0 N–H and O–H groups in total. The van der Waals surface area contributed by atoms with Crippen LogP contribution in [0, 0.1) is 46.3 Å². The van der Waals surface area contributed by atoms with Crippen LogP contribution >= 0.6 is 0 Å². The summed E-state index contributed by atoms with van der Waals surface area (Å²) < 4.78 is 0. The predicted octanol–water partition coefficient (Wildman–Crippen LogP) is 4.84. The van der Waals surface area contributed by atoms with E-state index in [4.69, 9.17) is 4.98 Å². The average molecular weight is 463 g/mol. The zero-order chi connectivity index (χ0) is 23.2. The van der Waals surface area contributed by atoms with Crippen LogP contribution in [0.5, 0.6) is 0 Å². The van der Waals surface area contributed by atoms with Gasteiger partial charge in [-0.3, -0.25) is 24.4 Å². The van der Waals surface area contributed by atoms with E-state index in [1.54, 1.807) is 22.2 Å². The van der Waals surface area contributed by atoms with Crippen molar-refractivity contribution in [3.63, 3.8) is 0 Å². The third-order valence-electron chi connectivity index (χ3n) is 10.9. The molecule has 2 amide bonds. The Morgan fingerprint density at radius 1 is 0.647 bits per heavy atom. The largest absolute Gasteiger partial charge is 0.298 e. The number of rotatable bonds is 4. The van der Waals surface area contributed by atoms with Gasteiger partial charge in [-0.1, -0.05) is 0 Å². The van der Waals surface area contributed by atoms with Gasteiger partial charge in [0.05, 0.1) is 23.2 Å². The molecule has 8 fully saturated rings. The van der Waals surface area contributed by atoms with Gasteiger partial charge in [-0.05, 0) is 113 Å². The summed E-state index contributed by atoms with van der Waals surface area (Å²) in [5, 5.41) is 0. The molecule has 9 rings (SSSR count). The van der Waals surface area contributed by atoms with Crippen LogP contribution in [0.15, 0.2) is 12.4 Å². The van der Waals surface area contributed by atoms with Crippen molar-refractivity contribution in [2.45, 2.75) is 77.0 Å². The minimum Gasteiger partial charge on any atom is -0.298 e. The Balaban J connectivity index is 1.12. The lowest BCUT2D eigenvalue weighted by molar-refractivity contribution is -0.143. The Hall–Kier alpha value is -1.98. The van der Waals surface area contributed by atoms with E-state index in [9.17, 15) is 9.59 Å². The smallest absolute Gasteiger partial charge is 0.234 e.